The third kappa shape index (κ3) is 5.89. The number of hydrogen-bond donors (Lipinski definition) is 1. The van der Waals surface area contributed by atoms with Crippen LogP contribution in [0.5, 0.6) is 5.75 Å². The number of carboxylic acid groups (broad SMARTS) is 1. The molecule has 2 aromatic heterocycles. The van der Waals surface area contributed by atoms with E-state index in [4.69, 9.17) is 19.6 Å². The highest BCUT2D eigenvalue weighted by Gasteiger charge is 2.38. The molecule has 5 rings (SSSR count). The first-order valence-electron chi connectivity index (χ1n) is 12.4. The zero-order valence-corrected chi connectivity index (χ0v) is 22.4. The van der Waals surface area contributed by atoms with Crippen LogP contribution in [0.15, 0.2) is 90.2 Å². The fraction of sp³-hybridized carbons (Fsp3) is 0.200. The predicted octanol–water partition coefficient (Wildman–Crippen LogP) is 2.54. The van der Waals surface area contributed by atoms with Crippen molar-refractivity contribution in [2.24, 2.45) is 4.99 Å². The van der Waals surface area contributed by atoms with E-state index in [-0.39, 0.29) is 6.61 Å². The lowest BCUT2D eigenvalue weighted by molar-refractivity contribution is -0.577. The number of aliphatic carboxylic acids is 1. The molecule has 39 heavy (non-hydrogen) atoms. The molecule has 0 radical (unpaired) electrons. The van der Waals surface area contributed by atoms with E-state index in [0.717, 1.165) is 58.0 Å². The van der Waals surface area contributed by atoms with E-state index in [1.165, 1.54) is 0 Å². The lowest BCUT2D eigenvalue weighted by Crippen LogP contribution is -2.34. The first-order valence-corrected chi connectivity index (χ1v) is 12.4. The van der Waals surface area contributed by atoms with Gasteiger partial charge in [-0.25, -0.2) is 9.67 Å². The lowest BCUT2D eigenvalue weighted by atomic mass is 9.97. The third-order valence-corrected chi connectivity index (χ3v) is 6.00. The molecule has 0 saturated carbocycles. The smallest absolute Gasteiger partial charge is 0.237 e. The Morgan fingerprint density at radius 3 is 2.33 bits per heavy atom. The average molecular weight is 526 g/mol. The average Bonchev–Trinajstić information content (AvgIpc) is 3.48. The van der Waals surface area contributed by atoms with E-state index in [1.54, 1.807) is 18.0 Å². The van der Waals surface area contributed by atoms with E-state index in [1.807, 2.05) is 61.5 Å². The van der Waals surface area contributed by atoms with Gasteiger partial charge in [-0.15, -0.1) is 0 Å². The number of carboxylic acids is 1. The highest BCUT2D eigenvalue weighted by molar-refractivity contribution is 6.37. The highest BCUT2D eigenvalue weighted by atomic mass is 16.5. The number of rotatable bonds is 7. The van der Waals surface area contributed by atoms with Gasteiger partial charge in [-0.1, -0.05) is 30.3 Å². The molecule has 0 saturated heterocycles. The van der Waals surface area contributed by atoms with E-state index in [2.05, 4.69) is 46.2 Å². The third-order valence-electron chi connectivity index (χ3n) is 6.00. The van der Waals surface area contributed by atoms with Crippen LogP contribution >= 0.6 is 0 Å². The molecule has 0 aliphatic carbocycles. The van der Waals surface area contributed by atoms with Gasteiger partial charge in [0.2, 0.25) is 11.4 Å². The molecule has 2 aromatic carbocycles. The van der Waals surface area contributed by atoms with Crippen LogP contribution in [-0.4, -0.2) is 54.4 Å². The van der Waals surface area contributed by atoms with Gasteiger partial charge in [-0.2, -0.15) is 9.67 Å². The van der Waals surface area contributed by atoms with Crippen LogP contribution in [0.3, 0.4) is 0 Å². The Morgan fingerprint density at radius 2 is 1.72 bits per heavy atom. The van der Waals surface area contributed by atoms with Crippen LogP contribution in [-0.2, 0) is 11.3 Å². The quantitative estimate of drug-likeness (QED) is 0.372. The number of carbonyl (C=O) groups excluding carboxylic acids is 1. The van der Waals surface area contributed by atoms with Gasteiger partial charge in [-0.05, 0) is 42.8 Å². The molecule has 9 nitrogen and oxygen atoms in total. The summed E-state index contributed by atoms with van der Waals surface area (Å²) in [5.41, 5.74) is 6.86. The molecular weight excluding hydrogens is 494 g/mol. The number of ether oxygens (including phenoxy) is 1. The van der Waals surface area contributed by atoms with Gasteiger partial charge in [0.05, 0.1) is 32.0 Å². The van der Waals surface area contributed by atoms with Gasteiger partial charge in [0.15, 0.2) is 17.7 Å². The van der Waals surface area contributed by atoms with Gasteiger partial charge in [-0.3, -0.25) is 0 Å². The summed E-state index contributed by atoms with van der Waals surface area (Å²) in [6, 6.07) is 24.6. The molecule has 200 valence electrons. The Kier molecular flexibility index (Phi) is 8.53. The van der Waals surface area contributed by atoms with Crippen molar-refractivity contribution < 1.29 is 24.3 Å². The van der Waals surface area contributed by atoms with E-state index in [0.29, 0.717) is 6.54 Å². The second-order valence-electron chi connectivity index (χ2n) is 8.92. The number of nitrogens with zero attached hydrogens (tertiary/aromatic N) is 5. The largest absolute Gasteiger partial charge is 0.550 e. The molecule has 0 bridgehead atoms. The summed E-state index contributed by atoms with van der Waals surface area (Å²) >= 11 is 0. The molecule has 0 unspecified atom stereocenters. The molecule has 0 amide bonds. The Labute approximate surface area is 227 Å². The van der Waals surface area contributed by atoms with Crippen LogP contribution in [0.25, 0.3) is 11.3 Å². The number of benzene rings is 2. The van der Waals surface area contributed by atoms with Crippen molar-refractivity contribution >= 4 is 34.5 Å². The van der Waals surface area contributed by atoms with Crippen molar-refractivity contribution in [1.29, 1.82) is 0 Å². The Hall–Kier alpha value is -4.76. The zero-order valence-electron chi connectivity index (χ0n) is 22.4. The normalized spacial score (nSPS) is 13.1. The van der Waals surface area contributed by atoms with E-state index < -0.39 is 5.97 Å². The zero-order chi connectivity index (χ0) is 27.9. The van der Waals surface area contributed by atoms with Crippen molar-refractivity contribution in [2.75, 3.05) is 32.7 Å². The van der Waals surface area contributed by atoms with Gasteiger partial charge < -0.3 is 24.6 Å². The molecule has 0 spiro atoms. The predicted molar refractivity (Wildman–Crippen MR) is 149 cm³/mol. The summed E-state index contributed by atoms with van der Waals surface area (Å²) in [5, 5.41) is 22.9. The summed E-state index contributed by atoms with van der Waals surface area (Å²) in [6.45, 7) is 1.39. The van der Waals surface area contributed by atoms with E-state index >= 15 is 0 Å². The van der Waals surface area contributed by atoms with Crippen LogP contribution in [0.4, 0.5) is 11.5 Å². The molecule has 0 fully saturated rings. The van der Waals surface area contributed by atoms with Crippen LogP contribution < -0.4 is 19.3 Å². The summed E-state index contributed by atoms with van der Waals surface area (Å²) in [4.78, 5) is 16.1. The minimum absolute atomic E-state index is 0.00794. The van der Waals surface area contributed by atoms with Crippen molar-refractivity contribution in [2.45, 2.75) is 13.5 Å². The molecule has 3 heterocycles. The maximum absolute atomic E-state index is 9.50. The molecule has 4 aromatic rings. The molecular formula is C30H31N5O4. The fourth-order valence-electron chi connectivity index (χ4n) is 4.50. The van der Waals surface area contributed by atoms with Gasteiger partial charge in [0, 0.05) is 37.8 Å². The maximum Gasteiger partial charge on any atom is 0.237 e. The Morgan fingerprint density at radius 1 is 1.05 bits per heavy atom. The number of aromatic nitrogens is 3. The second kappa shape index (κ2) is 12.2. The summed E-state index contributed by atoms with van der Waals surface area (Å²) in [7, 11) is 5.60. The minimum atomic E-state index is -1.08. The number of allylic oxidation sites excluding steroid dienone is 1. The van der Waals surface area contributed by atoms with Gasteiger partial charge >= 0.3 is 0 Å². The first kappa shape index (κ1) is 27.3. The molecule has 1 N–H and O–H groups in total. The van der Waals surface area contributed by atoms with Crippen molar-refractivity contribution in [3.05, 3.63) is 102 Å². The van der Waals surface area contributed by atoms with Gasteiger partial charge in [0.25, 0.3) is 0 Å². The van der Waals surface area contributed by atoms with Crippen LogP contribution in [0, 0.1) is 0 Å². The minimum Gasteiger partial charge on any atom is -0.550 e. The molecule has 1 aliphatic heterocycles. The van der Waals surface area contributed by atoms with Crippen molar-refractivity contribution in [3.63, 3.8) is 0 Å². The standard InChI is InChI=1S/C28H28N5O2.C2H4O2/c1-31(2)28-23(19-29-33(28)17-18-34)30-26-24-11-7-8-16-32(24)27(21-12-14-22(35-3)15-13-21)25(26)20-9-5-4-6-10-20;1-2(3)4/h4-16,19,34H,17-18H2,1-3H3;1H3,(H,3,4)/q+1;/p-1. The Balaban J connectivity index is 0.000000826. The first-order chi connectivity index (χ1) is 18.8. The number of hydrogen-bond acceptors (Lipinski definition) is 7. The highest BCUT2D eigenvalue weighted by Crippen LogP contribution is 2.36. The van der Waals surface area contributed by atoms with Gasteiger partial charge in [0.1, 0.15) is 11.4 Å². The SMILES string of the molecule is CC(=O)[O-].COc1ccc(C2=C(c3ccccc3)C(=Nc3cnn(CCO)c3N(C)C)c3cccc[n+]32)cc1. The van der Waals surface area contributed by atoms with Crippen molar-refractivity contribution in [1.82, 2.24) is 9.78 Å². The summed E-state index contributed by atoms with van der Waals surface area (Å²) in [6.07, 6.45) is 3.83. The number of pyridine rings is 1. The van der Waals surface area contributed by atoms with Crippen LogP contribution in [0.2, 0.25) is 0 Å². The molecule has 9 heteroatoms. The number of aliphatic hydroxyl groups is 1. The topological polar surface area (TPSA) is 107 Å². The number of methoxy groups -OCH3 is 1. The summed E-state index contributed by atoms with van der Waals surface area (Å²) < 4.78 is 9.36. The number of aliphatic hydroxyl groups excluding tert-OH is 1. The number of anilines is 1. The number of aliphatic imine (C=N–C) groups is 1. The van der Waals surface area contributed by atoms with Crippen molar-refractivity contribution in [3.8, 4) is 5.75 Å². The fourth-order valence-corrected chi connectivity index (χ4v) is 4.50. The maximum atomic E-state index is 9.50. The molecule has 0 atom stereocenters. The van der Waals surface area contributed by atoms with E-state index in [9.17, 15) is 5.11 Å². The number of carbonyl (C=O) groups is 1. The molecule has 1 aliphatic rings. The summed E-state index contributed by atoms with van der Waals surface area (Å²) in [5.74, 6) is 0.576. The van der Waals surface area contributed by atoms with Crippen LogP contribution in [0.1, 0.15) is 23.7 Å². The lowest BCUT2D eigenvalue weighted by Gasteiger charge is -2.15. The number of fused-ring (bicyclic) bond motifs is 1. The second-order valence-corrected chi connectivity index (χ2v) is 8.92. The monoisotopic (exact) mass is 525 g/mol. The Bertz CT molecular complexity index is 1500.